The Bertz CT molecular complexity index is 1020. The molecule has 2 fully saturated rings. The van der Waals surface area contributed by atoms with Crippen LogP contribution in [0.2, 0.25) is 0 Å². The molecule has 9 heteroatoms. The van der Waals surface area contributed by atoms with Gasteiger partial charge >= 0.3 is 6.36 Å². The number of aryl methyl sites for hydroxylation is 2. The minimum absolute atomic E-state index is 0.00681. The molecule has 0 unspecified atom stereocenters. The first-order chi connectivity index (χ1) is 15.8. The lowest BCUT2D eigenvalue weighted by molar-refractivity contribution is -0.274. The number of nitrogens with zero attached hydrogens (tertiary/aromatic N) is 3. The third-order valence-electron chi connectivity index (χ3n) is 7.21. The van der Waals surface area contributed by atoms with E-state index in [9.17, 15) is 18.0 Å². The van der Waals surface area contributed by atoms with E-state index in [1.54, 1.807) is 12.1 Å². The molecule has 3 aliphatic rings. The Balaban J connectivity index is 1.10. The Morgan fingerprint density at radius 3 is 2.61 bits per heavy atom. The van der Waals surface area contributed by atoms with Crippen molar-refractivity contribution in [1.82, 2.24) is 15.1 Å². The van der Waals surface area contributed by atoms with Crippen molar-refractivity contribution in [1.29, 1.82) is 0 Å². The number of hydrogen-bond donors (Lipinski definition) is 1. The van der Waals surface area contributed by atoms with Crippen molar-refractivity contribution in [2.24, 2.45) is 11.3 Å². The first kappa shape index (κ1) is 22.1. The number of benzene rings is 1. The summed E-state index contributed by atoms with van der Waals surface area (Å²) in [5.41, 5.74) is 3.95. The molecule has 1 amide bonds. The van der Waals surface area contributed by atoms with Crippen LogP contribution in [0.5, 0.6) is 5.75 Å². The molecule has 1 saturated heterocycles. The fourth-order valence-electron chi connectivity index (χ4n) is 5.75. The van der Waals surface area contributed by atoms with Crippen LogP contribution in [0.3, 0.4) is 0 Å². The number of anilines is 1. The molecule has 0 atom stereocenters. The van der Waals surface area contributed by atoms with Crippen molar-refractivity contribution in [3.8, 4) is 5.75 Å². The molecular weight excluding hydrogens is 433 g/mol. The van der Waals surface area contributed by atoms with E-state index in [4.69, 9.17) is 0 Å². The molecule has 2 aromatic rings. The molecule has 33 heavy (non-hydrogen) atoms. The molecule has 1 saturated carbocycles. The van der Waals surface area contributed by atoms with Crippen LogP contribution in [0.15, 0.2) is 24.3 Å². The summed E-state index contributed by atoms with van der Waals surface area (Å²) in [6, 6.07) is 6.05. The number of hydrogen-bond acceptors (Lipinski definition) is 4. The lowest BCUT2D eigenvalue weighted by Crippen LogP contribution is -2.63. The Kier molecular flexibility index (Phi) is 5.53. The highest BCUT2D eigenvalue weighted by Gasteiger charge is 2.52. The Labute approximate surface area is 191 Å². The molecule has 1 aromatic heterocycles. The molecule has 1 spiro atoms. The zero-order chi connectivity index (χ0) is 23.2. The molecule has 1 N–H and O–H groups in total. The Hall–Kier alpha value is -2.71. The number of nitrogens with one attached hydrogen (secondary N) is 1. The monoisotopic (exact) mass is 462 g/mol. The van der Waals surface area contributed by atoms with Crippen molar-refractivity contribution in [2.45, 2.75) is 58.4 Å². The summed E-state index contributed by atoms with van der Waals surface area (Å²) in [7, 11) is 0. The van der Waals surface area contributed by atoms with Gasteiger partial charge in [-0.05, 0) is 68.7 Å². The van der Waals surface area contributed by atoms with E-state index in [2.05, 4.69) is 20.1 Å². The summed E-state index contributed by atoms with van der Waals surface area (Å²) in [5, 5.41) is 7.80. The Morgan fingerprint density at radius 2 is 1.94 bits per heavy atom. The summed E-state index contributed by atoms with van der Waals surface area (Å²) in [6.07, 6.45) is 1.35. The van der Waals surface area contributed by atoms with Crippen molar-refractivity contribution in [3.05, 3.63) is 41.2 Å². The normalized spacial score (nSPS) is 19.6. The number of carbonyl (C=O) groups excluding carboxylic acids is 1. The van der Waals surface area contributed by atoms with E-state index < -0.39 is 6.36 Å². The molecule has 0 bridgehead atoms. The number of halogens is 3. The van der Waals surface area contributed by atoms with Crippen molar-refractivity contribution in [2.75, 3.05) is 24.5 Å². The van der Waals surface area contributed by atoms with Crippen molar-refractivity contribution >= 4 is 11.6 Å². The van der Waals surface area contributed by atoms with Gasteiger partial charge in [-0.1, -0.05) is 6.92 Å². The van der Waals surface area contributed by atoms with Crippen molar-refractivity contribution < 1.29 is 22.7 Å². The fourth-order valence-corrected chi connectivity index (χ4v) is 5.75. The highest BCUT2D eigenvalue weighted by atomic mass is 19.4. The predicted molar refractivity (Wildman–Crippen MR) is 117 cm³/mol. The molecule has 6 nitrogen and oxygen atoms in total. The van der Waals surface area contributed by atoms with E-state index in [1.165, 1.54) is 12.1 Å². The van der Waals surface area contributed by atoms with E-state index >= 15 is 0 Å². The number of fused-ring (bicyclic) bond motifs is 1. The average molecular weight is 463 g/mol. The quantitative estimate of drug-likeness (QED) is 0.695. The van der Waals surface area contributed by atoms with Gasteiger partial charge in [0.1, 0.15) is 5.75 Å². The fraction of sp³-hybridized carbons (Fsp3) is 0.583. The van der Waals surface area contributed by atoms with Crippen LogP contribution in [0.25, 0.3) is 0 Å². The zero-order valence-corrected chi connectivity index (χ0v) is 18.7. The van der Waals surface area contributed by atoms with Crippen molar-refractivity contribution in [3.63, 3.8) is 0 Å². The van der Waals surface area contributed by atoms with Gasteiger partial charge in [-0.3, -0.25) is 9.48 Å². The number of carbonyl (C=O) groups is 1. The van der Waals surface area contributed by atoms with Gasteiger partial charge in [0.2, 0.25) is 0 Å². The number of ether oxygens (including phenoxy) is 1. The van der Waals surface area contributed by atoms with Gasteiger partial charge in [0.25, 0.3) is 5.91 Å². The molecular formula is C24H29F3N4O2. The maximum atomic E-state index is 12.9. The predicted octanol–water partition coefficient (Wildman–Crippen LogP) is 4.33. The largest absolute Gasteiger partial charge is 0.573 e. The zero-order valence-electron chi connectivity index (χ0n) is 18.7. The van der Waals surface area contributed by atoms with Crippen LogP contribution < -0.4 is 15.0 Å². The summed E-state index contributed by atoms with van der Waals surface area (Å²) >= 11 is 0. The number of rotatable bonds is 6. The smallest absolute Gasteiger partial charge is 0.406 e. The summed E-state index contributed by atoms with van der Waals surface area (Å²) < 4.78 is 42.9. The van der Waals surface area contributed by atoms with Crippen LogP contribution in [0.4, 0.5) is 18.9 Å². The van der Waals surface area contributed by atoms with Crippen LogP contribution in [0, 0.1) is 11.3 Å². The second kappa shape index (κ2) is 8.25. The highest BCUT2D eigenvalue weighted by molar-refractivity contribution is 5.96. The first-order valence-electron chi connectivity index (χ1n) is 11.7. The van der Waals surface area contributed by atoms with Gasteiger partial charge in [-0.15, -0.1) is 13.2 Å². The van der Waals surface area contributed by atoms with Gasteiger partial charge < -0.3 is 15.0 Å². The second-order valence-electron chi connectivity index (χ2n) is 9.68. The third-order valence-corrected chi connectivity index (χ3v) is 7.21. The summed E-state index contributed by atoms with van der Waals surface area (Å²) in [5.74, 6) is 0.273. The molecule has 5 rings (SSSR count). The maximum absolute atomic E-state index is 12.9. The second-order valence-corrected chi connectivity index (χ2v) is 9.68. The van der Waals surface area contributed by atoms with Gasteiger partial charge in [0.15, 0.2) is 0 Å². The minimum Gasteiger partial charge on any atom is -0.406 e. The van der Waals surface area contributed by atoms with Gasteiger partial charge in [-0.2, -0.15) is 5.10 Å². The number of alkyl halides is 3. The Morgan fingerprint density at radius 1 is 1.21 bits per heavy atom. The van der Waals surface area contributed by atoms with E-state index in [0.29, 0.717) is 12.5 Å². The lowest BCUT2D eigenvalue weighted by atomic mass is 9.57. The van der Waals surface area contributed by atoms with Gasteiger partial charge in [0, 0.05) is 37.3 Å². The molecule has 1 aromatic carbocycles. The molecule has 3 heterocycles. The topological polar surface area (TPSA) is 59.4 Å². The van der Waals surface area contributed by atoms with Gasteiger partial charge in [0.05, 0.1) is 17.0 Å². The van der Waals surface area contributed by atoms with E-state index in [0.717, 1.165) is 80.8 Å². The molecule has 178 valence electrons. The van der Waals surface area contributed by atoms with E-state index in [-0.39, 0.29) is 17.1 Å². The highest BCUT2D eigenvalue weighted by Crippen LogP contribution is 2.52. The SMILES string of the molecule is CCc1nn2c(c1C(=O)NCC1CC3(C1)CN(c1ccc(OC(F)(F)F)cc1)C3)CCCC2. The van der Waals surface area contributed by atoms with Crippen LogP contribution >= 0.6 is 0 Å². The number of amides is 1. The summed E-state index contributed by atoms with van der Waals surface area (Å²) in [6.45, 7) is 5.41. The van der Waals surface area contributed by atoms with Crippen LogP contribution in [0.1, 0.15) is 54.4 Å². The maximum Gasteiger partial charge on any atom is 0.573 e. The van der Waals surface area contributed by atoms with Crippen LogP contribution in [-0.2, 0) is 19.4 Å². The molecule has 1 aliphatic carbocycles. The average Bonchev–Trinajstić information content (AvgIpc) is 3.10. The third kappa shape index (κ3) is 4.42. The first-order valence-corrected chi connectivity index (χ1v) is 11.7. The lowest BCUT2D eigenvalue weighted by Gasteiger charge is -2.60. The van der Waals surface area contributed by atoms with Gasteiger partial charge in [-0.25, -0.2) is 0 Å². The molecule has 0 radical (unpaired) electrons. The van der Waals surface area contributed by atoms with E-state index in [1.807, 2.05) is 11.6 Å². The summed E-state index contributed by atoms with van der Waals surface area (Å²) in [4.78, 5) is 15.1. The van der Waals surface area contributed by atoms with Crippen LogP contribution in [-0.4, -0.2) is 41.7 Å². The standard InChI is InChI=1S/C24H29F3N4O2/c1-2-19-21(20-5-3-4-10-31(20)29-19)22(32)28-13-16-11-23(12-16)14-30(15-23)17-6-8-18(9-7-17)33-24(25,26)27/h6-9,16H,2-5,10-15H2,1H3,(H,28,32). The minimum atomic E-state index is -4.67. The molecule has 2 aliphatic heterocycles. The number of aromatic nitrogens is 2.